The van der Waals surface area contributed by atoms with Crippen LogP contribution < -0.4 is 10.6 Å². The summed E-state index contributed by atoms with van der Waals surface area (Å²) in [5.41, 5.74) is 1.30. The fraction of sp³-hybridized carbons (Fsp3) is 0.0667. The number of rotatable bonds is 2. The molecule has 0 saturated carbocycles. The number of anilines is 2. The third kappa shape index (κ3) is 3.90. The van der Waals surface area contributed by atoms with Crippen LogP contribution in [0.1, 0.15) is 5.56 Å². The van der Waals surface area contributed by atoms with E-state index in [1.807, 2.05) is 0 Å². The maximum absolute atomic E-state index is 11.9. The SMILES string of the molecule is Cc1cc(O)ccc1NC(=O)C(=O)Nc1cc(Cl)ccc1Cl. The van der Waals surface area contributed by atoms with Crippen LogP contribution in [0.4, 0.5) is 11.4 Å². The molecular weight excluding hydrogens is 327 g/mol. The summed E-state index contributed by atoms with van der Waals surface area (Å²) in [7, 11) is 0. The van der Waals surface area contributed by atoms with E-state index in [1.54, 1.807) is 13.0 Å². The van der Waals surface area contributed by atoms with Crippen molar-refractivity contribution in [3.05, 3.63) is 52.0 Å². The van der Waals surface area contributed by atoms with E-state index in [9.17, 15) is 14.7 Å². The first-order chi connectivity index (χ1) is 10.4. The molecule has 0 aliphatic heterocycles. The van der Waals surface area contributed by atoms with Crippen LogP contribution >= 0.6 is 23.2 Å². The van der Waals surface area contributed by atoms with E-state index >= 15 is 0 Å². The van der Waals surface area contributed by atoms with Crippen LogP contribution in [0.2, 0.25) is 10.0 Å². The summed E-state index contributed by atoms with van der Waals surface area (Å²) < 4.78 is 0. The zero-order valence-corrected chi connectivity index (χ0v) is 13.0. The summed E-state index contributed by atoms with van der Waals surface area (Å²) in [5, 5.41) is 14.8. The van der Waals surface area contributed by atoms with E-state index in [4.69, 9.17) is 23.2 Å². The Bertz CT molecular complexity index is 748. The Balaban J connectivity index is 2.09. The minimum Gasteiger partial charge on any atom is -0.508 e. The molecule has 5 nitrogen and oxygen atoms in total. The van der Waals surface area contributed by atoms with Gasteiger partial charge in [-0.1, -0.05) is 23.2 Å². The Hall–Kier alpha value is -2.24. The Morgan fingerprint density at radius 3 is 2.23 bits per heavy atom. The molecule has 114 valence electrons. The highest BCUT2D eigenvalue weighted by atomic mass is 35.5. The van der Waals surface area contributed by atoms with Gasteiger partial charge in [0.15, 0.2) is 0 Å². The topological polar surface area (TPSA) is 78.4 Å². The molecule has 0 aromatic heterocycles. The lowest BCUT2D eigenvalue weighted by molar-refractivity contribution is -0.133. The van der Waals surface area contributed by atoms with Crippen molar-refractivity contribution in [3.63, 3.8) is 0 Å². The molecule has 3 N–H and O–H groups in total. The first-order valence-electron chi connectivity index (χ1n) is 6.24. The van der Waals surface area contributed by atoms with Gasteiger partial charge in [-0.05, 0) is 48.9 Å². The molecule has 0 aliphatic rings. The quantitative estimate of drug-likeness (QED) is 0.578. The summed E-state index contributed by atoms with van der Waals surface area (Å²) in [6.45, 7) is 1.70. The molecule has 22 heavy (non-hydrogen) atoms. The molecule has 2 rings (SSSR count). The summed E-state index contributed by atoms with van der Waals surface area (Å²) in [6.07, 6.45) is 0. The molecule has 0 heterocycles. The van der Waals surface area contributed by atoms with Crippen LogP contribution in [0, 0.1) is 6.92 Å². The van der Waals surface area contributed by atoms with Gasteiger partial charge in [-0.3, -0.25) is 9.59 Å². The van der Waals surface area contributed by atoms with Gasteiger partial charge in [0.05, 0.1) is 10.7 Å². The van der Waals surface area contributed by atoms with Crippen molar-refractivity contribution >= 4 is 46.4 Å². The first-order valence-corrected chi connectivity index (χ1v) is 6.99. The molecule has 0 atom stereocenters. The molecule has 0 bridgehead atoms. The molecular formula is C15H12Cl2N2O3. The van der Waals surface area contributed by atoms with Gasteiger partial charge in [0.2, 0.25) is 0 Å². The van der Waals surface area contributed by atoms with Crippen LogP contribution in [-0.2, 0) is 9.59 Å². The lowest BCUT2D eigenvalue weighted by Crippen LogP contribution is -2.29. The molecule has 0 aliphatic carbocycles. The summed E-state index contributed by atoms with van der Waals surface area (Å²) in [4.78, 5) is 23.8. The van der Waals surface area contributed by atoms with Crippen molar-refractivity contribution in [3.8, 4) is 5.75 Å². The molecule has 7 heteroatoms. The van der Waals surface area contributed by atoms with Crippen molar-refractivity contribution in [2.45, 2.75) is 6.92 Å². The van der Waals surface area contributed by atoms with E-state index in [-0.39, 0.29) is 16.5 Å². The fourth-order valence-electron chi connectivity index (χ4n) is 1.74. The maximum atomic E-state index is 11.9. The van der Waals surface area contributed by atoms with Crippen molar-refractivity contribution in [2.75, 3.05) is 10.6 Å². The Labute approximate surface area is 136 Å². The molecule has 2 aromatic carbocycles. The van der Waals surface area contributed by atoms with Crippen molar-refractivity contribution in [2.24, 2.45) is 0 Å². The summed E-state index contributed by atoms with van der Waals surface area (Å²) in [5.74, 6) is -1.66. The number of carbonyl (C=O) groups is 2. The number of benzene rings is 2. The Morgan fingerprint density at radius 1 is 0.955 bits per heavy atom. The molecule has 0 fully saturated rings. The van der Waals surface area contributed by atoms with E-state index in [1.165, 1.54) is 30.3 Å². The van der Waals surface area contributed by atoms with Gasteiger partial charge >= 0.3 is 11.8 Å². The second-order valence-corrected chi connectivity index (χ2v) is 5.38. The third-order valence-corrected chi connectivity index (χ3v) is 3.41. The smallest absolute Gasteiger partial charge is 0.314 e. The number of phenolic OH excluding ortho intramolecular Hbond substituents is 1. The molecule has 2 aromatic rings. The fourth-order valence-corrected chi connectivity index (χ4v) is 2.08. The van der Waals surface area contributed by atoms with Crippen molar-refractivity contribution in [1.29, 1.82) is 0 Å². The second-order valence-electron chi connectivity index (χ2n) is 4.53. The Morgan fingerprint density at radius 2 is 1.59 bits per heavy atom. The number of aryl methyl sites for hydroxylation is 1. The average Bonchev–Trinajstić information content (AvgIpc) is 2.45. The summed E-state index contributed by atoms with van der Waals surface area (Å²) in [6, 6.07) is 8.92. The van der Waals surface area contributed by atoms with Crippen molar-refractivity contribution < 1.29 is 14.7 Å². The van der Waals surface area contributed by atoms with Crippen molar-refractivity contribution in [1.82, 2.24) is 0 Å². The number of amides is 2. The largest absolute Gasteiger partial charge is 0.508 e. The molecule has 0 spiro atoms. The van der Waals surface area contributed by atoms with Crippen LogP contribution in [0.25, 0.3) is 0 Å². The van der Waals surface area contributed by atoms with Gasteiger partial charge in [0.25, 0.3) is 0 Å². The maximum Gasteiger partial charge on any atom is 0.314 e. The molecule has 0 saturated heterocycles. The predicted octanol–water partition coefficient (Wildman–Crippen LogP) is 3.58. The molecule has 2 amide bonds. The van der Waals surface area contributed by atoms with Gasteiger partial charge < -0.3 is 15.7 Å². The highest BCUT2D eigenvalue weighted by Crippen LogP contribution is 2.25. The number of halogens is 2. The number of hydrogen-bond acceptors (Lipinski definition) is 3. The average molecular weight is 339 g/mol. The van der Waals surface area contributed by atoms with E-state index in [0.717, 1.165) is 0 Å². The normalized spacial score (nSPS) is 10.1. The second kappa shape index (κ2) is 6.68. The third-order valence-electron chi connectivity index (χ3n) is 2.84. The van der Waals surface area contributed by atoms with Gasteiger partial charge in [0, 0.05) is 10.7 Å². The highest BCUT2D eigenvalue weighted by molar-refractivity contribution is 6.45. The Kier molecular flexibility index (Phi) is 4.90. The minimum atomic E-state index is -0.878. The number of aromatic hydroxyl groups is 1. The minimum absolute atomic E-state index is 0.0747. The van der Waals surface area contributed by atoms with E-state index in [0.29, 0.717) is 16.3 Å². The van der Waals surface area contributed by atoms with Gasteiger partial charge in [-0.15, -0.1) is 0 Å². The van der Waals surface area contributed by atoms with Gasteiger partial charge in [-0.2, -0.15) is 0 Å². The lowest BCUT2D eigenvalue weighted by Gasteiger charge is -2.10. The number of carbonyl (C=O) groups excluding carboxylic acids is 2. The van der Waals surface area contributed by atoms with E-state index < -0.39 is 11.8 Å². The van der Waals surface area contributed by atoms with Crippen LogP contribution in [-0.4, -0.2) is 16.9 Å². The molecule has 0 radical (unpaired) electrons. The number of phenols is 1. The van der Waals surface area contributed by atoms with Gasteiger partial charge in [0.1, 0.15) is 5.75 Å². The highest BCUT2D eigenvalue weighted by Gasteiger charge is 2.16. The lowest BCUT2D eigenvalue weighted by atomic mass is 10.2. The number of nitrogens with one attached hydrogen (secondary N) is 2. The first kappa shape index (κ1) is 16.1. The van der Waals surface area contributed by atoms with E-state index in [2.05, 4.69) is 10.6 Å². The van der Waals surface area contributed by atoms with Crippen LogP contribution in [0.5, 0.6) is 5.75 Å². The standard InChI is InChI=1S/C15H12Cl2N2O3/c1-8-6-10(20)3-5-12(8)18-14(21)15(22)19-13-7-9(16)2-4-11(13)17/h2-7,20H,1H3,(H,18,21)(H,19,22). The predicted molar refractivity (Wildman–Crippen MR) is 86.6 cm³/mol. The summed E-state index contributed by atoms with van der Waals surface area (Å²) >= 11 is 11.7. The molecule has 0 unspecified atom stereocenters. The van der Waals surface area contributed by atoms with Crippen LogP contribution in [0.15, 0.2) is 36.4 Å². The zero-order chi connectivity index (χ0) is 16.3. The number of hydrogen-bond donors (Lipinski definition) is 3. The van der Waals surface area contributed by atoms with Gasteiger partial charge in [-0.25, -0.2) is 0 Å². The monoisotopic (exact) mass is 338 g/mol. The zero-order valence-electron chi connectivity index (χ0n) is 11.5. The van der Waals surface area contributed by atoms with Crippen LogP contribution in [0.3, 0.4) is 0 Å².